The zero-order valence-electron chi connectivity index (χ0n) is 14.5. The van der Waals surface area contributed by atoms with E-state index in [0.29, 0.717) is 16.8 Å². The molecular formula is C17H17BrN2O7. The number of rotatable bonds is 7. The highest BCUT2D eigenvalue weighted by Crippen LogP contribution is 2.41. The van der Waals surface area contributed by atoms with Gasteiger partial charge in [0.25, 0.3) is 5.56 Å². The predicted octanol–water partition coefficient (Wildman–Crippen LogP) is 2.58. The van der Waals surface area contributed by atoms with E-state index in [1.807, 2.05) is 6.92 Å². The molecule has 0 aliphatic rings. The SMILES string of the molecule is CCCOc1cc(Br)c(-c2c(C(=O)O)c(N)[nH]c(=O)c2C(=O)O)cc1OC. The Bertz CT molecular complexity index is 969. The first kappa shape index (κ1) is 20.3. The summed E-state index contributed by atoms with van der Waals surface area (Å²) >= 11 is 3.28. The Balaban J connectivity index is 2.90. The highest BCUT2D eigenvalue weighted by atomic mass is 79.9. The van der Waals surface area contributed by atoms with E-state index in [-0.39, 0.29) is 16.9 Å². The van der Waals surface area contributed by atoms with E-state index in [1.165, 1.54) is 19.2 Å². The minimum Gasteiger partial charge on any atom is -0.493 e. The molecule has 27 heavy (non-hydrogen) atoms. The number of aromatic amines is 1. The number of hydrogen-bond acceptors (Lipinski definition) is 6. The number of aromatic carboxylic acids is 2. The zero-order chi connectivity index (χ0) is 20.3. The van der Waals surface area contributed by atoms with Crippen molar-refractivity contribution < 1.29 is 29.3 Å². The van der Waals surface area contributed by atoms with Gasteiger partial charge in [-0.3, -0.25) is 4.79 Å². The number of carbonyl (C=O) groups is 2. The second-order valence-electron chi connectivity index (χ2n) is 5.43. The van der Waals surface area contributed by atoms with Gasteiger partial charge in [0.15, 0.2) is 11.5 Å². The van der Waals surface area contributed by atoms with Crippen LogP contribution in [0.25, 0.3) is 11.1 Å². The normalized spacial score (nSPS) is 10.5. The maximum absolute atomic E-state index is 12.1. The molecule has 0 aliphatic carbocycles. The molecule has 5 N–H and O–H groups in total. The van der Waals surface area contributed by atoms with Crippen LogP contribution in [0.1, 0.15) is 34.1 Å². The van der Waals surface area contributed by atoms with Gasteiger partial charge in [-0.25, -0.2) is 9.59 Å². The molecule has 0 spiro atoms. The second-order valence-corrected chi connectivity index (χ2v) is 6.29. The molecule has 144 valence electrons. The summed E-state index contributed by atoms with van der Waals surface area (Å²) in [6, 6.07) is 2.90. The van der Waals surface area contributed by atoms with Crippen molar-refractivity contribution in [1.82, 2.24) is 4.98 Å². The van der Waals surface area contributed by atoms with Gasteiger partial charge in [-0.1, -0.05) is 22.9 Å². The van der Waals surface area contributed by atoms with E-state index >= 15 is 0 Å². The van der Waals surface area contributed by atoms with Crippen LogP contribution >= 0.6 is 15.9 Å². The Labute approximate surface area is 161 Å². The van der Waals surface area contributed by atoms with Crippen molar-refractivity contribution >= 4 is 33.7 Å². The lowest BCUT2D eigenvalue weighted by Crippen LogP contribution is -2.24. The van der Waals surface area contributed by atoms with Gasteiger partial charge in [0.05, 0.1) is 13.7 Å². The highest BCUT2D eigenvalue weighted by Gasteiger charge is 2.28. The van der Waals surface area contributed by atoms with E-state index in [0.717, 1.165) is 6.42 Å². The third kappa shape index (κ3) is 3.90. The maximum atomic E-state index is 12.1. The molecule has 0 bridgehead atoms. The van der Waals surface area contributed by atoms with Crippen LogP contribution in [0, 0.1) is 0 Å². The molecule has 9 nitrogen and oxygen atoms in total. The van der Waals surface area contributed by atoms with Crippen molar-refractivity contribution in [2.75, 3.05) is 19.5 Å². The lowest BCUT2D eigenvalue weighted by atomic mass is 9.95. The molecule has 0 aliphatic heterocycles. The molecule has 0 unspecified atom stereocenters. The number of nitrogens with one attached hydrogen (secondary N) is 1. The molecular weight excluding hydrogens is 424 g/mol. The largest absolute Gasteiger partial charge is 0.493 e. The van der Waals surface area contributed by atoms with Crippen molar-refractivity contribution in [1.29, 1.82) is 0 Å². The zero-order valence-corrected chi connectivity index (χ0v) is 16.0. The number of halogens is 1. The third-order valence-electron chi connectivity index (χ3n) is 3.66. The molecule has 0 fully saturated rings. The van der Waals surface area contributed by atoms with Gasteiger partial charge in [-0.05, 0) is 18.6 Å². The Hall–Kier alpha value is -3.01. The van der Waals surface area contributed by atoms with Crippen LogP contribution in [0.5, 0.6) is 11.5 Å². The summed E-state index contributed by atoms with van der Waals surface area (Å²) in [6.45, 7) is 2.34. The number of ether oxygens (including phenoxy) is 2. The molecule has 0 saturated carbocycles. The van der Waals surface area contributed by atoms with Crippen LogP contribution in [0.15, 0.2) is 21.4 Å². The number of pyridine rings is 1. The molecule has 1 aromatic carbocycles. The predicted molar refractivity (Wildman–Crippen MR) is 101 cm³/mol. The Morgan fingerprint density at radius 1 is 1.19 bits per heavy atom. The van der Waals surface area contributed by atoms with Crippen molar-refractivity contribution in [3.63, 3.8) is 0 Å². The highest BCUT2D eigenvalue weighted by molar-refractivity contribution is 9.10. The molecule has 1 aromatic heterocycles. The number of H-pyrrole nitrogens is 1. The smallest absolute Gasteiger partial charge is 0.342 e. The van der Waals surface area contributed by atoms with E-state index in [2.05, 4.69) is 20.9 Å². The first-order valence-electron chi connectivity index (χ1n) is 7.75. The van der Waals surface area contributed by atoms with Gasteiger partial charge >= 0.3 is 11.9 Å². The first-order chi connectivity index (χ1) is 12.7. The Morgan fingerprint density at radius 2 is 1.81 bits per heavy atom. The molecule has 0 saturated heterocycles. The number of hydrogen-bond donors (Lipinski definition) is 4. The summed E-state index contributed by atoms with van der Waals surface area (Å²) in [5.74, 6) is -2.91. The molecule has 0 amide bonds. The fourth-order valence-electron chi connectivity index (χ4n) is 2.53. The molecule has 10 heteroatoms. The van der Waals surface area contributed by atoms with Crippen LogP contribution in [0.2, 0.25) is 0 Å². The average molecular weight is 441 g/mol. The van der Waals surface area contributed by atoms with Crippen LogP contribution in [0.4, 0.5) is 5.82 Å². The van der Waals surface area contributed by atoms with Crippen LogP contribution in [-0.2, 0) is 0 Å². The Morgan fingerprint density at radius 3 is 2.33 bits per heavy atom. The van der Waals surface area contributed by atoms with Crippen LogP contribution in [-0.4, -0.2) is 40.9 Å². The number of methoxy groups -OCH3 is 1. The van der Waals surface area contributed by atoms with E-state index in [1.54, 1.807) is 0 Å². The summed E-state index contributed by atoms with van der Waals surface area (Å²) in [4.78, 5) is 37.6. The van der Waals surface area contributed by atoms with Gasteiger partial charge < -0.3 is 30.4 Å². The van der Waals surface area contributed by atoms with E-state index < -0.39 is 34.4 Å². The number of carboxylic acid groups (broad SMARTS) is 2. The van der Waals surface area contributed by atoms with Crippen molar-refractivity contribution in [3.05, 3.63) is 38.1 Å². The standard InChI is InChI=1S/C17H17BrN2O7/c1-3-4-27-10-6-8(18)7(5-9(10)26-2)11-12(16(22)23)14(19)20-15(21)13(11)17(24)25/h5-6H,3-4H2,1-2H3,(H,22,23)(H,24,25)(H3,19,20,21). The number of benzene rings is 1. The summed E-state index contributed by atoms with van der Waals surface area (Å²) in [6.07, 6.45) is 0.749. The van der Waals surface area contributed by atoms with E-state index in [9.17, 15) is 24.6 Å². The number of anilines is 1. The number of nitrogen functional groups attached to an aromatic ring is 1. The fourth-order valence-corrected chi connectivity index (χ4v) is 3.05. The number of aromatic nitrogens is 1. The minimum absolute atomic E-state index is 0.114. The third-order valence-corrected chi connectivity index (χ3v) is 4.31. The second kappa shape index (κ2) is 8.12. The summed E-state index contributed by atoms with van der Waals surface area (Å²) in [5.41, 5.74) is 3.14. The number of nitrogens with two attached hydrogens (primary N) is 1. The Kier molecular flexibility index (Phi) is 6.11. The maximum Gasteiger partial charge on any atom is 0.342 e. The van der Waals surface area contributed by atoms with Crippen LogP contribution < -0.4 is 20.8 Å². The lowest BCUT2D eigenvalue weighted by molar-refractivity contribution is 0.0695. The minimum atomic E-state index is -1.59. The first-order valence-corrected chi connectivity index (χ1v) is 8.55. The van der Waals surface area contributed by atoms with Crippen molar-refractivity contribution in [3.8, 4) is 22.6 Å². The van der Waals surface area contributed by atoms with Gasteiger partial charge in [0.1, 0.15) is 16.9 Å². The molecule has 2 aromatic rings. The monoisotopic (exact) mass is 440 g/mol. The lowest BCUT2D eigenvalue weighted by Gasteiger charge is -2.17. The molecule has 0 radical (unpaired) electrons. The average Bonchev–Trinajstić information content (AvgIpc) is 2.58. The fraction of sp³-hybridized carbons (Fsp3) is 0.235. The molecule has 2 rings (SSSR count). The topological polar surface area (TPSA) is 152 Å². The van der Waals surface area contributed by atoms with Gasteiger partial charge in [0, 0.05) is 15.6 Å². The van der Waals surface area contributed by atoms with Crippen molar-refractivity contribution in [2.24, 2.45) is 0 Å². The van der Waals surface area contributed by atoms with Crippen LogP contribution in [0.3, 0.4) is 0 Å². The van der Waals surface area contributed by atoms with Crippen molar-refractivity contribution in [2.45, 2.75) is 13.3 Å². The van der Waals surface area contributed by atoms with Gasteiger partial charge in [0.2, 0.25) is 0 Å². The van der Waals surface area contributed by atoms with Gasteiger partial charge in [-0.2, -0.15) is 0 Å². The number of carboxylic acids is 2. The summed E-state index contributed by atoms with van der Waals surface area (Å²) in [5, 5.41) is 19.0. The molecule has 1 heterocycles. The summed E-state index contributed by atoms with van der Waals surface area (Å²) < 4.78 is 11.1. The quantitative estimate of drug-likeness (QED) is 0.512. The van der Waals surface area contributed by atoms with Gasteiger partial charge in [-0.15, -0.1) is 0 Å². The summed E-state index contributed by atoms with van der Waals surface area (Å²) in [7, 11) is 1.38. The molecule has 0 atom stereocenters. The van der Waals surface area contributed by atoms with E-state index in [4.69, 9.17) is 15.2 Å².